The summed E-state index contributed by atoms with van der Waals surface area (Å²) in [6.07, 6.45) is 5.14. The topological polar surface area (TPSA) is 86.7 Å². The molecule has 0 N–H and O–H groups in total. The Balaban J connectivity index is 1.55. The van der Waals surface area contributed by atoms with Crippen molar-refractivity contribution in [3.05, 3.63) is 36.7 Å². The van der Waals surface area contributed by atoms with Crippen LogP contribution in [0.1, 0.15) is 19.8 Å². The summed E-state index contributed by atoms with van der Waals surface area (Å²) < 4.78 is 16.0. The van der Waals surface area contributed by atoms with E-state index < -0.39 is 0 Å². The lowest BCUT2D eigenvalue weighted by atomic mass is 9.97. The first-order valence-electron chi connectivity index (χ1n) is 10.4. The molecule has 0 spiro atoms. The Morgan fingerprint density at radius 2 is 1.84 bits per heavy atom. The number of methoxy groups -OCH3 is 2. The summed E-state index contributed by atoms with van der Waals surface area (Å²) in [7, 11) is 3.21. The predicted octanol–water partition coefficient (Wildman–Crippen LogP) is 3.49. The quantitative estimate of drug-likeness (QED) is 0.558. The van der Waals surface area contributed by atoms with Crippen molar-refractivity contribution < 1.29 is 19.0 Å². The molecule has 0 bridgehead atoms. The summed E-state index contributed by atoms with van der Waals surface area (Å²) in [4.78, 5) is 18.8. The molecule has 1 fully saturated rings. The van der Waals surface area contributed by atoms with Crippen molar-refractivity contribution in [2.45, 2.75) is 19.8 Å². The van der Waals surface area contributed by atoms with Crippen molar-refractivity contribution in [1.29, 1.82) is 0 Å². The van der Waals surface area contributed by atoms with Crippen LogP contribution in [0.5, 0.6) is 11.5 Å². The van der Waals surface area contributed by atoms with Gasteiger partial charge in [-0.25, -0.2) is 4.98 Å². The summed E-state index contributed by atoms with van der Waals surface area (Å²) in [6.45, 7) is 3.84. The van der Waals surface area contributed by atoms with E-state index in [4.69, 9.17) is 14.2 Å². The van der Waals surface area contributed by atoms with Crippen LogP contribution in [-0.4, -0.2) is 55.1 Å². The molecule has 0 atom stereocenters. The first kappa shape index (κ1) is 20.8. The zero-order chi connectivity index (χ0) is 21.8. The Kier molecular flexibility index (Phi) is 6.16. The van der Waals surface area contributed by atoms with Gasteiger partial charge in [-0.2, -0.15) is 10.2 Å². The highest BCUT2D eigenvalue weighted by Crippen LogP contribution is 2.36. The summed E-state index contributed by atoms with van der Waals surface area (Å²) >= 11 is 0. The second-order valence-corrected chi connectivity index (χ2v) is 7.40. The number of pyridine rings is 1. The summed E-state index contributed by atoms with van der Waals surface area (Å²) in [5.41, 5.74) is 2.59. The lowest BCUT2D eigenvalue weighted by Crippen LogP contribution is -2.37. The minimum absolute atomic E-state index is 0.0169. The molecule has 1 aliphatic heterocycles. The standard InChI is InChI=1S/C23H26N4O4/c1-4-31-23(28)15-7-9-27(10-8-15)22-6-5-16(13-24-22)18-14-25-26-19-12-21(30-3)20(29-2)11-17(18)19/h5-6,11-15H,4,7-10H2,1-3H3. The number of carbonyl (C=O) groups excluding carboxylic acids is 1. The Bertz CT molecular complexity index is 1060. The van der Waals surface area contributed by atoms with Crippen LogP contribution in [0.15, 0.2) is 36.7 Å². The highest BCUT2D eigenvalue weighted by Gasteiger charge is 2.26. The molecule has 0 amide bonds. The molecule has 4 rings (SSSR count). The Labute approximate surface area is 181 Å². The van der Waals surface area contributed by atoms with Crippen molar-refractivity contribution in [3.63, 3.8) is 0 Å². The van der Waals surface area contributed by atoms with Crippen LogP contribution in [0.25, 0.3) is 22.0 Å². The van der Waals surface area contributed by atoms with Gasteiger partial charge in [0.2, 0.25) is 0 Å². The number of esters is 1. The Morgan fingerprint density at radius 1 is 1.10 bits per heavy atom. The molecule has 1 aromatic carbocycles. The van der Waals surface area contributed by atoms with E-state index in [0.717, 1.165) is 53.8 Å². The molecule has 0 radical (unpaired) electrons. The normalized spacial score (nSPS) is 14.5. The van der Waals surface area contributed by atoms with E-state index in [9.17, 15) is 4.79 Å². The third-order valence-electron chi connectivity index (χ3n) is 5.64. The van der Waals surface area contributed by atoms with Crippen LogP contribution < -0.4 is 14.4 Å². The zero-order valence-electron chi connectivity index (χ0n) is 18.0. The van der Waals surface area contributed by atoms with Gasteiger partial charge in [-0.15, -0.1) is 0 Å². The highest BCUT2D eigenvalue weighted by molar-refractivity contribution is 5.95. The van der Waals surface area contributed by atoms with Crippen molar-refractivity contribution >= 4 is 22.7 Å². The van der Waals surface area contributed by atoms with E-state index in [1.165, 1.54) is 0 Å². The van der Waals surface area contributed by atoms with Gasteiger partial charge in [0.15, 0.2) is 11.5 Å². The van der Waals surface area contributed by atoms with Crippen LogP contribution in [0.3, 0.4) is 0 Å². The average molecular weight is 422 g/mol. The molecule has 31 heavy (non-hydrogen) atoms. The smallest absolute Gasteiger partial charge is 0.309 e. The second-order valence-electron chi connectivity index (χ2n) is 7.40. The number of nitrogens with zero attached hydrogens (tertiary/aromatic N) is 4. The Morgan fingerprint density at radius 3 is 2.48 bits per heavy atom. The van der Waals surface area contributed by atoms with Crippen LogP contribution >= 0.6 is 0 Å². The molecule has 0 saturated carbocycles. The van der Waals surface area contributed by atoms with Gasteiger partial charge in [0.1, 0.15) is 5.82 Å². The summed E-state index contributed by atoms with van der Waals surface area (Å²) in [5, 5.41) is 9.28. The number of carbonyl (C=O) groups is 1. The largest absolute Gasteiger partial charge is 0.493 e. The maximum atomic E-state index is 12.0. The zero-order valence-corrected chi connectivity index (χ0v) is 18.0. The van der Waals surface area contributed by atoms with Gasteiger partial charge in [0, 0.05) is 41.9 Å². The molecule has 2 aromatic heterocycles. The molecular formula is C23H26N4O4. The van der Waals surface area contributed by atoms with E-state index in [0.29, 0.717) is 18.1 Å². The fraction of sp³-hybridized carbons (Fsp3) is 0.391. The van der Waals surface area contributed by atoms with E-state index in [2.05, 4.69) is 20.1 Å². The van der Waals surface area contributed by atoms with E-state index in [1.54, 1.807) is 20.4 Å². The SMILES string of the molecule is CCOC(=O)C1CCN(c2ccc(-c3cnnc4cc(OC)c(OC)cc34)cn2)CC1. The number of ether oxygens (including phenoxy) is 3. The van der Waals surface area contributed by atoms with Crippen LogP contribution in [0.2, 0.25) is 0 Å². The van der Waals surface area contributed by atoms with Crippen molar-refractivity contribution in [2.24, 2.45) is 5.92 Å². The fourth-order valence-electron chi connectivity index (χ4n) is 3.95. The molecule has 0 aliphatic carbocycles. The number of aromatic nitrogens is 3. The van der Waals surface area contributed by atoms with Crippen LogP contribution in [0.4, 0.5) is 5.82 Å². The van der Waals surface area contributed by atoms with E-state index in [-0.39, 0.29) is 11.9 Å². The molecule has 8 nitrogen and oxygen atoms in total. The third-order valence-corrected chi connectivity index (χ3v) is 5.64. The summed E-state index contributed by atoms with van der Waals surface area (Å²) in [5.74, 6) is 2.04. The second kappa shape index (κ2) is 9.16. The molecule has 0 unspecified atom stereocenters. The third kappa shape index (κ3) is 4.23. The molecular weight excluding hydrogens is 396 g/mol. The van der Waals surface area contributed by atoms with Gasteiger partial charge in [-0.1, -0.05) is 0 Å². The lowest BCUT2D eigenvalue weighted by molar-refractivity contribution is -0.148. The molecule has 162 valence electrons. The molecule has 1 saturated heterocycles. The van der Waals surface area contributed by atoms with Crippen LogP contribution in [0, 0.1) is 5.92 Å². The number of rotatable bonds is 6. The fourth-order valence-corrected chi connectivity index (χ4v) is 3.95. The van der Waals surface area contributed by atoms with Crippen molar-refractivity contribution in [2.75, 3.05) is 38.8 Å². The summed E-state index contributed by atoms with van der Waals surface area (Å²) in [6, 6.07) is 7.77. The first-order chi connectivity index (χ1) is 15.1. The number of hydrogen-bond donors (Lipinski definition) is 0. The molecule has 3 heterocycles. The molecule has 3 aromatic rings. The number of hydrogen-bond acceptors (Lipinski definition) is 8. The highest BCUT2D eigenvalue weighted by atomic mass is 16.5. The van der Waals surface area contributed by atoms with Crippen molar-refractivity contribution in [3.8, 4) is 22.6 Å². The van der Waals surface area contributed by atoms with Crippen LogP contribution in [-0.2, 0) is 9.53 Å². The number of anilines is 1. The average Bonchev–Trinajstić information content (AvgIpc) is 2.83. The minimum atomic E-state index is -0.0884. The first-order valence-corrected chi connectivity index (χ1v) is 10.4. The predicted molar refractivity (Wildman–Crippen MR) is 117 cm³/mol. The van der Waals surface area contributed by atoms with Crippen molar-refractivity contribution in [1.82, 2.24) is 15.2 Å². The number of piperidine rings is 1. The van der Waals surface area contributed by atoms with Gasteiger partial charge in [0.05, 0.1) is 38.5 Å². The number of benzene rings is 1. The maximum Gasteiger partial charge on any atom is 0.309 e. The Hall–Kier alpha value is -3.42. The van der Waals surface area contributed by atoms with Gasteiger partial charge in [0.25, 0.3) is 0 Å². The monoisotopic (exact) mass is 422 g/mol. The van der Waals surface area contributed by atoms with Gasteiger partial charge in [-0.05, 0) is 38.0 Å². The van der Waals surface area contributed by atoms with Gasteiger partial charge >= 0.3 is 5.97 Å². The van der Waals surface area contributed by atoms with E-state index in [1.807, 2.05) is 37.4 Å². The lowest BCUT2D eigenvalue weighted by Gasteiger charge is -2.31. The molecule has 8 heteroatoms. The number of fused-ring (bicyclic) bond motifs is 1. The van der Waals surface area contributed by atoms with Gasteiger partial charge < -0.3 is 19.1 Å². The maximum absolute atomic E-state index is 12.0. The minimum Gasteiger partial charge on any atom is -0.493 e. The van der Waals surface area contributed by atoms with Gasteiger partial charge in [-0.3, -0.25) is 4.79 Å². The van der Waals surface area contributed by atoms with E-state index >= 15 is 0 Å². The molecule has 1 aliphatic rings.